The van der Waals surface area contributed by atoms with E-state index in [2.05, 4.69) is 9.88 Å². The van der Waals surface area contributed by atoms with Gasteiger partial charge in [-0.15, -0.1) is 0 Å². The first-order chi connectivity index (χ1) is 18.6. The molecule has 1 aliphatic carbocycles. The van der Waals surface area contributed by atoms with Crippen molar-refractivity contribution in [2.24, 2.45) is 11.1 Å². The number of carbonyl (C=O) groups is 1. The van der Waals surface area contributed by atoms with Gasteiger partial charge in [-0.25, -0.2) is 14.4 Å². The molecule has 0 unspecified atom stereocenters. The van der Waals surface area contributed by atoms with Crippen LogP contribution in [0.25, 0.3) is 17.0 Å². The predicted octanol–water partition coefficient (Wildman–Crippen LogP) is 4.81. The van der Waals surface area contributed by atoms with Crippen molar-refractivity contribution in [2.75, 3.05) is 31.7 Å². The summed E-state index contributed by atoms with van der Waals surface area (Å²) in [5.41, 5.74) is 8.33. The molecule has 0 bridgehead atoms. The zero-order valence-corrected chi connectivity index (χ0v) is 23.7. The molecule has 0 amide bonds. The topological polar surface area (TPSA) is 111 Å². The number of hydrogen-bond acceptors (Lipinski definition) is 8. The molecule has 1 aliphatic heterocycles. The number of nitrogens with two attached hydrogens (primary N) is 1. The number of nitrogens with zero attached hydrogens (tertiary/aromatic N) is 3. The quantitative estimate of drug-likeness (QED) is 0.413. The standard InChI is InChI=1S/C30H41FN4O4/c1-6-7-21(37)15-39-23-8-9-25(31)24(14-23)28-33-27(26(19(3)32)20(4)36)18(2)29(34-28)35-16-30(17-35)12-10-22(38-5)11-13-30/h8-9,14,21-22,37H,6-7,10-13,15-17,32H2,1-5H3/t21-/m1/s1. The molecule has 0 radical (unpaired) electrons. The number of hydrogen-bond donors (Lipinski definition) is 2. The van der Waals surface area contributed by atoms with E-state index in [1.54, 1.807) is 20.1 Å². The molecular weight excluding hydrogens is 499 g/mol. The maximum Gasteiger partial charge on any atom is 0.165 e. The van der Waals surface area contributed by atoms with E-state index in [9.17, 15) is 9.90 Å². The summed E-state index contributed by atoms with van der Waals surface area (Å²) in [6.07, 6.45) is 5.42. The zero-order valence-electron chi connectivity index (χ0n) is 23.7. The molecule has 1 aromatic heterocycles. The highest BCUT2D eigenvalue weighted by atomic mass is 19.1. The molecule has 1 aromatic carbocycles. The maximum absolute atomic E-state index is 15.2. The number of aliphatic hydroxyl groups excluding tert-OH is 1. The summed E-state index contributed by atoms with van der Waals surface area (Å²) in [5.74, 6) is 0.524. The first-order valence-corrected chi connectivity index (χ1v) is 13.8. The fraction of sp³-hybridized carbons (Fsp3) is 0.567. The van der Waals surface area contributed by atoms with Gasteiger partial charge in [0.2, 0.25) is 0 Å². The lowest BCUT2D eigenvalue weighted by molar-refractivity contribution is -0.111. The third-order valence-electron chi connectivity index (χ3n) is 8.03. The number of halogens is 1. The van der Waals surface area contributed by atoms with Crippen LogP contribution in [0.2, 0.25) is 0 Å². The van der Waals surface area contributed by atoms with Gasteiger partial charge in [-0.3, -0.25) is 4.79 Å². The van der Waals surface area contributed by atoms with Gasteiger partial charge in [0.1, 0.15) is 24.0 Å². The van der Waals surface area contributed by atoms with E-state index in [0.29, 0.717) is 41.1 Å². The lowest BCUT2D eigenvalue weighted by Gasteiger charge is -2.54. The van der Waals surface area contributed by atoms with Crippen molar-refractivity contribution in [2.45, 2.75) is 78.4 Å². The van der Waals surface area contributed by atoms with Crippen LogP contribution in [-0.2, 0) is 9.53 Å². The number of benzene rings is 1. The monoisotopic (exact) mass is 540 g/mol. The molecule has 1 saturated heterocycles. The van der Waals surface area contributed by atoms with Gasteiger partial charge in [0.05, 0.1) is 29.0 Å². The van der Waals surface area contributed by atoms with Gasteiger partial charge in [-0.05, 0) is 71.1 Å². The molecule has 39 heavy (non-hydrogen) atoms. The SMILES string of the molecule is CCC[C@@H](O)COc1ccc(F)c(-c2nc(C(C(C)=O)=C(C)N)c(C)c(N3CC4(CCC(OC)CC4)C3)n2)c1. The van der Waals surface area contributed by atoms with Gasteiger partial charge < -0.3 is 25.2 Å². The second-order valence-corrected chi connectivity index (χ2v) is 11.1. The van der Waals surface area contributed by atoms with Gasteiger partial charge in [0.25, 0.3) is 0 Å². The van der Waals surface area contributed by atoms with E-state index in [4.69, 9.17) is 20.2 Å². The van der Waals surface area contributed by atoms with E-state index in [1.807, 2.05) is 13.8 Å². The normalized spacial score (nSPS) is 18.5. The summed E-state index contributed by atoms with van der Waals surface area (Å²) >= 11 is 0. The Morgan fingerprint density at radius 2 is 1.95 bits per heavy atom. The first-order valence-electron chi connectivity index (χ1n) is 13.8. The van der Waals surface area contributed by atoms with E-state index in [0.717, 1.165) is 50.8 Å². The molecule has 4 rings (SSSR count). The van der Waals surface area contributed by atoms with Crippen LogP contribution in [0.15, 0.2) is 23.9 Å². The molecule has 9 heteroatoms. The van der Waals surface area contributed by atoms with Crippen LogP contribution >= 0.6 is 0 Å². The van der Waals surface area contributed by atoms with Crippen LogP contribution in [0, 0.1) is 18.2 Å². The fourth-order valence-corrected chi connectivity index (χ4v) is 5.85. The van der Waals surface area contributed by atoms with Gasteiger partial charge in [-0.1, -0.05) is 13.3 Å². The number of Topliss-reactive ketones (excluding diaryl/α,β-unsaturated/α-hetero) is 1. The summed E-state index contributed by atoms with van der Waals surface area (Å²) in [7, 11) is 1.77. The van der Waals surface area contributed by atoms with Gasteiger partial charge in [0, 0.05) is 36.9 Å². The number of carbonyl (C=O) groups excluding carboxylic acids is 1. The summed E-state index contributed by atoms with van der Waals surface area (Å²) in [4.78, 5) is 24.3. The van der Waals surface area contributed by atoms with Crippen LogP contribution in [0.5, 0.6) is 5.75 Å². The molecule has 2 fully saturated rings. The molecule has 1 spiro atoms. The molecule has 2 heterocycles. The number of ketones is 1. The molecule has 1 saturated carbocycles. The van der Waals surface area contributed by atoms with Crippen LogP contribution in [0.3, 0.4) is 0 Å². The first kappa shape index (κ1) is 29.0. The van der Waals surface area contributed by atoms with Gasteiger partial charge >= 0.3 is 0 Å². The van der Waals surface area contributed by atoms with Crippen molar-refractivity contribution in [3.05, 3.63) is 41.0 Å². The second-order valence-electron chi connectivity index (χ2n) is 11.1. The third kappa shape index (κ3) is 6.25. The van der Waals surface area contributed by atoms with Crippen molar-refractivity contribution in [3.63, 3.8) is 0 Å². The number of allylic oxidation sites excluding steroid dienone is 2. The number of anilines is 1. The molecule has 1 atom stereocenters. The molecule has 2 aliphatic rings. The van der Waals surface area contributed by atoms with Crippen LogP contribution < -0.4 is 15.4 Å². The van der Waals surface area contributed by atoms with Crippen molar-refractivity contribution >= 4 is 17.2 Å². The Hall–Kier alpha value is -3.04. The third-order valence-corrected chi connectivity index (χ3v) is 8.03. The van der Waals surface area contributed by atoms with Crippen molar-refractivity contribution < 1.29 is 23.8 Å². The predicted molar refractivity (Wildman–Crippen MR) is 150 cm³/mol. The van der Waals surface area contributed by atoms with Gasteiger partial charge in [-0.2, -0.15) is 0 Å². The summed E-state index contributed by atoms with van der Waals surface area (Å²) in [6.45, 7) is 8.77. The van der Waals surface area contributed by atoms with E-state index < -0.39 is 11.9 Å². The molecule has 3 N–H and O–H groups in total. The van der Waals surface area contributed by atoms with Crippen LogP contribution in [0.1, 0.15) is 70.6 Å². The Labute approximate surface area is 230 Å². The number of rotatable bonds is 10. The Morgan fingerprint density at radius 3 is 2.54 bits per heavy atom. The van der Waals surface area contributed by atoms with Crippen molar-refractivity contribution in [1.29, 1.82) is 0 Å². The highest BCUT2D eigenvalue weighted by Gasteiger charge is 2.46. The highest BCUT2D eigenvalue weighted by molar-refractivity contribution is 6.20. The average Bonchev–Trinajstić information content (AvgIpc) is 2.88. The molecular formula is C30H41FN4O4. The van der Waals surface area contributed by atoms with E-state index >= 15 is 4.39 Å². The van der Waals surface area contributed by atoms with Crippen LogP contribution in [-0.4, -0.2) is 59.9 Å². The summed E-state index contributed by atoms with van der Waals surface area (Å²) < 4.78 is 26.5. The fourth-order valence-electron chi connectivity index (χ4n) is 5.85. The zero-order chi connectivity index (χ0) is 28.3. The smallest absolute Gasteiger partial charge is 0.165 e. The lowest BCUT2D eigenvalue weighted by atomic mass is 9.68. The molecule has 8 nitrogen and oxygen atoms in total. The van der Waals surface area contributed by atoms with E-state index in [1.165, 1.54) is 19.1 Å². The largest absolute Gasteiger partial charge is 0.491 e. The Kier molecular flexibility index (Phi) is 8.91. The number of methoxy groups -OCH3 is 1. The average molecular weight is 541 g/mol. The minimum atomic E-state index is -0.606. The minimum absolute atomic E-state index is 0.105. The number of ether oxygens (including phenoxy) is 2. The van der Waals surface area contributed by atoms with Crippen LogP contribution in [0.4, 0.5) is 10.2 Å². The number of aromatic nitrogens is 2. The highest BCUT2D eigenvalue weighted by Crippen LogP contribution is 2.47. The van der Waals surface area contributed by atoms with E-state index in [-0.39, 0.29) is 29.2 Å². The Bertz CT molecular complexity index is 1230. The van der Waals surface area contributed by atoms with Crippen molar-refractivity contribution in [3.8, 4) is 17.1 Å². The Balaban J connectivity index is 1.72. The van der Waals surface area contributed by atoms with Gasteiger partial charge in [0.15, 0.2) is 11.6 Å². The summed E-state index contributed by atoms with van der Waals surface area (Å²) in [6, 6.07) is 4.37. The number of aliphatic hydroxyl groups is 1. The Morgan fingerprint density at radius 1 is 1.26 bits per heavy atom. The molecule has 212 valence electrons. The molecule has 2 aromatic rings. The minimum Gasteiger partial charge on any atom is -0.491 e. The maximum atomic E-state index is 15.2. The summed E-state index contributed by atoms with van der Waals surface area (Å²) in [5, 5.41) is 10.1. The second kappa shape index (κ2) is 12.0. The lowest BCUT2D eigenvalue weighted by Crippen LogP contribution is -2.58. The van der Waals surface area contributed by atoms with Crippen molar-refractivity contribution in [1.82, 2.24) is 9.97 Å².